The number of phenolic OH excluding ortho intramolecular Hbond substituents is 1. The van der Waals surface area contributed by atoms with E-state index in [2.05, 4.69) is 26.1 Å². The average Bonchev–Trinajstić information content (AvgIpc) is 2.70. The highest BCUT2D eigenvalue weighted by Gasteiger charge is 2.18. The minimum Gasteiger partial charge on any atom is -0.506 e. The van der Waals surface area contributed by atoms with Gasteiger partial charge in [-0.2, -0.15) is 0 Å². The minimum atomic E-state index is -0.182. The van der Waals surface area contributed by atoms with Crippen LogP contribution in [0.25, 0.3) is 0 Å². The van der Waals surface area contributed by atoms with Crippen LogP contribution in [-0.4, -0.2) is 11.0 Å². The highest BCUT2D eigenvalue weighted by molar-refractivity contribution is 7.12. The maximum absolute atomic E-state index is 12.3. The van der Waals surface area contributed by atoms with Crippen molar-refractivity contribution in [3.8, 4) is 5.75 Å². The third-order valence-corrected chi connectivity index (χ3v) is 4.36. The molecule has 0 spiro atoms. The van der Waals surface area contributed by atoms with E-state index in [0.717, 1.165) is 15.3 Å². The molecule has 2 rings (SSSR count). The van der Waals surface area contributed by atoms with Gasteiger partial charge in [-0.3, -0.25) is 4.79 Å². The lowest BCUT2D eigenvalue weighted by Crippen LogP contribution is -2.15. The van der Waals surface area contributed by atoms with E-state index >= 15 is 0 Å². The second kappa shape index (κ2) is 5.53. The molecule has 1 heterocycles. The predicted molar refractivity (Wildman–Crippen MR) is 88.6 cm³/mol. The molecule has 1 aromatic heterocycles. The normalized spacial score (nSPS) is 11.5. The van der Waals surface area contributed by atoms with Crippen LogP contribution in [0.2, 0.25) is 0 Å². The van der Waals surface area contributed by atoms with Gasteiger partial charge >= 0.3 is 0 Å². The van der Waals surface area contributed by atoms with Crippen LogP contribution < -0.4 is 5.32 Å². The van der Waals surface area contributed by atoms with E-state index in [-0.39, 0.29) is 17.1 Å². The molecule has 0 bridgehead atoms. The molecule has 1 amide bonds. The number of rotatable bonds is 2. The first kappa shape index (κ1) is 15.6. The Hall–Kier alpha value is -1.81. The van der Waals surface area contributed by atoms with Crippen LogP contribution in [0.5, 0.6) is 5.75 Å². The summed E-state index contributed by atoms with van der Waals surface area (Å²) < 4.78 is 0. The molecular weight excluding hydrogens is 282 g/mol. The van der Waals surface area contributed by atoms with Crippen LogP contribution in [0.3, 0.4) is 0 Å². The van der Waals surface area contributed by atoms with E-state index in [1.165, 1.54) is 0 Å². The van der Waals surface area contributed by atoms with Gasteiger partial charge in [-0.15, -0.1) is 11.3 Å². The molecule has 0 aliphatic carbocycles. The Morgan fingerprint density at radius 1 is 1.19 bits per heavy atom. The van der Waals surface area contributed by atoms with Crippen LogP contribution in [0.4, 0.5) is 5.69 Å². The lowest BCUT2D eigenvalue weighted by atomic mass is 9.87. The van der Waals surface area contributed by atoms with Gasteiger partial charge in [0.1, 0.15) is 5.75 Å². The molecule has 3 nitrogen and oxygen atoms in total. The average molecular weight is 303 g/mol. The zero-order chi connectivity index (χ0) is 15.8. The van der Waals surface area contributed by atoms with Crippen molar-refractivity contribution in [2.75, 3.05) is 5.32 Å². The van der Waals surface area contributed by atoms with E-state index in [1.807, 2.05) is 32.0 Å². The maximum atomic E-state index is 12.3. The largest absolute Gasteiger partial charge is 0.506 e. The molecule has 112 valence electrons. The molecule has 0 unspecified atom stereocenters. The predicted octanol–water partition coefficient (Wildman–Crippen LogP) is 4.62. The number of nitrogens with one attached hydrogen (secondary N) is 1. The zero-order valence-electron chi connectivity index (χ0n) is 13.1. The molecule has 0 saturated carbocycles. The molecule has 0 saturated heterocycles. The van der Waals surface area contributed by atoms with Crippen LogP contribution >= 0.6 is 11.3 Å². The molecule has 0 aliphatic heterocycles. The van der Waals surface area contributed by atoms with Gasteiger partial charge in [0.05, 0.1) is 11.3 Å². The van der Waals surface area contributed by atoms with E-state index in [1.54, 1.807) is 17.4 Å². The van der Waals surface area contributed by atoms with Gasteiger partial charge in [0.25, 0.3) is 5.91 Å². The van der Waals surface area contributed by atoms with Crippen molar-refractivity contribution >= 4 is 22.9 Å². The molecule has 1 aromatic carbocycles. The summed E-state index contributed by atoms with van der Waals surface area (Å²) in [6, 6.07) is 7.22. The number of benzene rings is 1. The Bertz CT molecular complexity index is 681. The summed E-state index contributed by atoms with van der Waals surface area (Å²) in [7, 11) is 0. The standard InChI is InChI=1S/C17H21NO2S/c1-10-8-13(11(2)21-10)16(20)18-14-9-12(17(3,4)5)6-7-15(14)19/h6-9,19H,1-5H3,(H,18,20). The molecule has 0 fully saturated rings. The number of aryl methyl sites for hydroxylation is 2. The van der Waals surface area contributed by atoms with Gasteiger partial charge in [0, 0.05) is 9.75 Å². The second-order valence-electron chi connectivity index (χ2n) is 6.26. The number of amides is 1. The molecule has 0 aliphatic rings. The Balaban J connectivity index is 2.31. The molecule has 2 N–H and O–H groups in total. The zero-order valence-corrected chi connectivity index (χ0v) is 13.9. The summed E-state index contributed by atoms with van der Waals surface area (Å²) in [5, 5.41) is 12.8. The van der Waals surface area contributed by atoms with Crippen molar-refractivity contribution in [2.45, 2.75) is 40.0 Å². The van der Waals surface area contributed by atoms with E-state index < -0.39 is 0 Å². The Morgan fingerprint density at radius 2 is 1.86 bits per heavy atom. The first-order valence-electron chi connectivity index (χ1n) is 6.90. The van der Waals surface area contributed by atoms with Crippen molar-refractivity contribution < 1.29 is 9.90 Å². The summed E-state index contributed by atoms with van der Waals surface area (Å²) in [6.45, 7) is 10.2. The molecule has 0 atom stereocenters. The van der Waals surface area contributed by atoms with Gasteiger partial charge in [-0.1, -0.05) is 26.8 Å². The highest BCUT2D eigenvalue weighted by Crippen LogP contribution is 2.31. The number of anilines is 1. The summed E-state index contributed by atoms with van der Waals surface area (Å²) in [5.41, 5.74) is 2.14. The summed E-state index contributed by atoms with van der Waals surface area (Å²) in [4.78, 5) is 14.4. The second-order valence-corrected chi connectivity index (χ2v) is 7.72. The Kier molecular flexibility index (Phi) is 4.10. The third kappa shape index (κ3) is 3.45. The summed E-state index contributed by atoms with van der Waals surface area (Å²) in [6.07, 6.45) is 0. The minimum absolute atomic E-state index is 0.0396. The monoisotopic (exact) mass is 303 g/mol. The van der Waals surface area contributed by atoms with Crippen LogP contribution in [0, 0.1) is 13.8 Å². The Morgan fingerprint density at radius 3 is 2.38 bits per heavy atom. The van der Waals surface area contributed by atoms with E-state index in [4.69, 9.17) is 0 Å². The number of thiophene rings is 1. The summed E-state index contributed by atoms with van der Waals surface area (Å²) >= 11 is 1.60. The highest BCUT2D eigenvalue weighted by atomic mass is 32.1. The van der Waals surface area contributed by atoms with Crippen molar-refractivity contribution in [1.29, 1.82) is 0 Å². The molecule has 0 radical (unpaired) electrons. The quantitative estimate of drug-likeness (QED) is 0.795. The first-order chi connectivity index (χ1) is 9.68. The molecule has 4 heteroatoms. The number of carbonyl (C=O) groups is 1. The van der Waals surface area contributed by atoms with Crippen LogP contribution in [0.15, 0.2) is 24.3 Å². The SMILES string of the molecule is Cc1cc(C(=O)Nc2cc(C(C)(C)C)ccc2O)c(C)s1. The number of hydrogen-bond donors (Lipinski definition) is 2. The van der Waals surface area contributed by atoms with Gasteiger partial charge < -0.3 is 10.4 Å². The Labute approximate surface area is 129 Å². The molecular formula is C17H21NO2S. The summed E-state index contributed by atoms with van der Waals surface area (Å²) in [5.74, 6) is -0.0980. The third-order valence-electron chi connectivity index (χ3n) is 3.40. The maximum Gasteiger partial charge on any atom is 0.256 e. The number of aromatic hydroxyl groups is 1. The smallest absolute Gasteiger partial charge is 0.256 e. The van der Waals surface area contributed by atoms with Crippen molar-refractivity contribution in [3.63, 3.8) is 0 Å². The van der Waals surface area contributed by atoms with Crippen LogP contribution in [0.1, 0.15) is 46.4 Å². The number of phenols is 1. The van der Waals surface area contributed by atoms with Gasteiger partial charge in [-0.05, 0) is 43.0 Å². The van der Waals surface area contributed by atoms with Gasteiger partial charge in [0.15, 0.2) is 0 Å². The molecule has 2 aromatic rings. The fourth-order valence-electron chi connectivity index (χ4n) is 2.15. The lowest BCUT2D eigenvalue weighted by Gasteiger charge is -2.20. The fourth-order valence-corrected chi connectivity index (χ4v) is 3.07. The van der Waals surface area contributed by atoms with Gasteiger partial charge in [0.2, 0.25) is 0 Å². The van der Waals surface area contributed by atoms with Gasteiger partial charge in [-0.25, -0.2) is 0 Å². The topological polar surface area (TPSA) is 49.3 Å². The van der Waals surface area contributed by atoms with Crippen molar-refractivity contribution in [1.82, 2.24) is 0 Å². The van der Waals surface area contributed by atoms with E-state index in [9.17, 15) is 9.90 Å². The molecule has 21 heavy (non-hydrogen) atoms. The fraction of sp³-hybridized carbons (Fsp3) is 0.353. The number of carbonyl (C=O) groups excluding carboxylic acids is 1. The number of hydrogen-bond acceptors (Lipinski definition) is 3. The lowest BCUT2D eigenvalue weighted by molar-refractivity contribution is 0.102. The van der Waals surface area contributed by atoms with Crippen LogP contribution in [-0.2, 0) is 5.41 Å². The van der Waals surface area contributed by atoms with E-state index in [0.29, 0.717) is 11.3 Å². The van der Waals surface area contributed by atoms with Crippen molar-refractivity contribution in [3.05, 3.63) is 45.1 Å². The first-order valence-corrected chi connectivity index (χ1v) is 7.72. The van der Waals surface area contributed by atoms with Crippen molar-refractivity contribution in [2.24, 2.45) is 0 Å².